The van der Waals surface area contributed by atoms with E-state index in [9.17, 15) is 0 Å². The lowest BCUT2D eigenvalue weighted by Crippen LogP contribution is -2.35. The fourth-order valence-corrected chi connectivity index (χ4v) is 4.17. The van der Waals surface area contributed by atoms with Crippen molar-refractivity contribution in [2.24, 2.45) is 11.8 Å². The molecule has 0 radical (unpaired) electrons. The Morgan fingerprint density at radius 2 is 2.06 bits per heavy atom. The zero-order valence-corrected chi connectivity index (χ0v) is 12.1. The van der Waals surface area contributed by atoms with Crippen LogP contribution in [0.3, 0.4) is 0 Å². The van der Waals surface area contributed by atoms with Crippen LogP contribution >= 0.6 is 23.2 Å². The van der Waals surface area contributed by atoms with Gasteiger partial charge in [-0.1, -0.05) is 29.6 Å². The minimum Gasteiger partial charge on any atom is -0.307 e. The average molecular weight is 284 g/mol. The second-order valence-electron chi connectivity index (χ2n) is 5.84. The molecule has 4 atom stereocenters. The molecule has 0 heterocycles. The number of rotatable bonds is 3. The molecule has 2 bridgehead atoms. The highest BCUT2D eigenvalue weighted by molar-refractivity contribution is 6.33. The SMILES string of the molecule is CC(NC1CC2CCC1C2)c1cc(Cl)ccc1Cl. The zero-order chi connectivity index (χ0) is 12.7. The molecule has 0 spiro atoms. The molecule has 18 heavy (non-hydrogen) atoms. The first kappa shape index (κ1) is 12.8. The Kier molecular flexibility index (Phi) is 3.57. The van der Waals surface area contributed by atoms with E-state index in [1.807, 2.05) is 18.2 Å². The Hall–Kier alpha value is -0.240. The molecule has 1 N–H and O–H groups in total. The van der Waals surface area contributed by atoms with Gasteiger partial charge in [-0.3, -0.25) is 0 Å². The summed E-state index contributed by atoms with van der Waals surface area (Å²) in [5.41, 5.74) is 1.12. The fourth-order valence-electron chi connectivity index (χ4n) is 3.71. The van der Waals surface area contributed by atoms with Gasteiger partial charge >= 0.3 is 0 Å². The summed E-state index contributed by atoms with van der Waals surface area (Å²) in [4.78, 5) is 0. The van der Waals surface area contributed by atoms with Crippen LogP contribution in [0.25, 0.3) is 0 Å². The summed E-state index contributed by atoms with van der Waals surface area (Å²) in [6, 6.07) is 6.67. The fraction of sp³-hybridized carbons (Fsp3) is 0.600. The summed E-state index contributed by atoms with van der Waals surface area (Å²) >= 11 is 12.3. The number of halogens is 2. The van der Waals surface area contributed by atoms with Gasteiger partial charge in [0.1, 0.15) is 0 Å². The zero-order valence-electron chi connectivity index (χ0n) is 10.6. The number of fused-ring (bicyclic) bond motifs is 2. The van der Waals surface area contributed by atoms with Crippen molar-refractivity contribution in [2.45, 2.75) is 44.7 Å². The van der Waals surface area contributed by atoms with Gasteiger partial charge in [-0.25, -0.2) is 0 Å². The Balaban J connectivity index is 1.71. The second-order valence-corrected chi connectivity index (χ2v) is 6.68. The summed E-state index contributed by atoms with van der Waals surface area (Å²) in [5, 5.41) is 5.32. The molecule has 1 aromatic rings. The molecule has 1 aromatic carbocycles. The third-order valence-electron chi connectivity index (χ3n) is 4.63. The van der Waals surface area contributed by atoms with Gasteiger partial charge in [0.2, 0.25) is 0 Å². The summed E-state index contributed by atoms with van der Waals surface area (Å²) in [6.45, 7) is 2.18. The van der Waals surface area contributed by atoms with E-state index in [4.69, 9.17) is 23.2 Å². The van der Waals surface area contributed by atoms with Crippen LogP contribution in [-0.4, -0.2) is 6.04 Å². The van der Waals surface area contributed by atoms with Crippen molar-refractivity contribution in [3.05, 3.63) is 33.8 Å². The van der Waals surface area contributed by atoms with Crippen LogP contribution in [0.2, 0.25) is 10.0 Å². The first-order valence-corrected chi connectivity index (χ1v) is 7.60. The van der Waals surface area contributed by atoms with Gasteiger partial charge in [0.15, 0.2) is 0 Å². The van der Waals surface area contributed by atoms with Crippen LogP contribution in [0.1, 0.15) is 44.2 Å². The maximum absolute atomic E-state index is 6.26. The van der Waals surface area contributed by atoms with Crippen molar-refractivity contribution in [3.8, 4) is 0 Å². The van der Waals surface area contributed by atoms with E-state index in [0.717, 1.165) is 27.4 Å². The smallest absolute Gasteiger partial charge is 0.0454 e. The average Bonchev–Trinajstić information content (AvgIpc) is 2.94. The summed E-state index contributed by atoms with van der Waals surface area (Å²) < 4.78 is 0. The van der Waals surface area contributed by atoms with E-state index in [1.54, 1.807) is 0 Å². The molecule has 3 rings (SSSR count). The Morgan fingerprint density at radius 1 is 1.22 bits per heavy atom. The molecule has 0 aromatic heterocycles. The molecule has 98 valence electrons. The number of nitrogens with one attached hydrogen (secondary N) is 1. The Morgan fingerprint density at radius 3 is 2.72 bits per heavy atom. The lowest BCUT2D eigenvalue weighted by Gasteiger charge is -2.27. The van der Waals surface area contributed by atoms with E-state index in [1.165, 1.54) is 25.7 Å². The Bertz CT molecular complexity index is 446. The first-order chi connectivity index (χ1) is 8.63. The van der Waals surface area contributed by atoms with Crippen LogP contribution < -0.4 is 5.32 Å². The Labute approximate surface area is 119 Å². The molecule has 0 aliphatic heterocycles. The number of hydrogen-bond donors (Lipinski definition) is 1. The standard InChI is InChI=1S/C15H19Cl2N/c1-9(13-8-12(16)4-5-14(13)17)18-15-7-10-2-3-11(15)6-10/h4-5,8-11,15,18H,2-3,6-7H2,1H3. The minimum atomic E-state index is 0.278. The predicted molar refractivity (Wildman–Crippen MR) is 77.2 cm³/mol. The summed E-state index contributed by atoms with van der Waals surface area (Å²) in [7, 11) is 0. The largest absolute Gasteiger partial charge is 0.307 e. The molecular formula is C15H19Cl2N. The van der Waals surface area contributed by atoms with Gasteiger partial charge in [-0.15, -0.1) is 0 Å². The molecule has 2 fully saturated rings. The van der Waals surface area contributed by atoms with E-state index in [-0.39, 0.29) is 6.04 Å². The highest BCUT2D eigenvalue weighted by Crippen LogP contribution is 2.45. The molecular weight excluding hydrogens is 265 g/mol. The maximum atomic E-state index is 6.26. The lowest BCUT2D eigenvalue weighted by molar-refractivity contribution is 0.327. The minimum absolute atomic E-state index is 0.278. The molecule has 2 aliphatic carbocycles. The predicted octanol–water partition coefficient (Wildman–Crippen LogP) is 4.83. The molecule has 0 amide bonds. The molecule has 3 heteroatoms. The van der Waals surface area contributed by atoms with Crippen molar-refractivity contribution in [2.75, 3.05) is 0 Å². The highest BCUT2D eigenvalue weighted by Gasteiger charge is 2.39. The van der Waals surface area contributed by atoms with Gasteiger partial charge in [0, 0.05) is 22.1 Å². The third kappa shape index (κ3) is 2.41. The molecule has 2 saturated carbocycles. The molecule has 0 saturated heterocycles. The summed E-state index contributed by atoms with van der Waals surface area (Å²) in [5.74, 6) is 1.85. The maximum Gasteiger partial charge on any atom is 0.0454 e. The molecule has 2 aliphatic rings. The lowest BCUT2D eigenvalue weighted by atomic mass is 9.94. The van der Waals surface area contributed by atoms with Crippen LogP contribution in [0, 0.1) is 11.8 Å². The van der Waals surface area contributed by atoms with Gasteiger partial charge in [0.25, 0.3) is 0 Å². The first-order valence-electron chi connectivity index (χ1n) is 6.84. The van der Waals surface area contributed by atoms with Gasteiger partial charge in [-0.2, -0.15) is 0 Å². The number of hydrogen-bond acceptors (Lipinski definition) is 1. The normalized spacial score (nSPS) is 31.8. The van der Waals surface area contributed by atoms with Crippen LogP contribution in [0.4, 0.5) is 0 Å². The van der Waals surface area contributed by atoms with Gasteiger partial charge in [-0.05, 0) is 61.8 Å². The highest BCUT2D eigenvalue weighted by atomic mass is 35.5. The molecule has 4 unspecified atom stereocenters. The van der Waals surface area contributed by atoms with Gasteiger partial charge < -0.3 is 5.32 Å². The van der Waals surface area contributed by atoms with Crippen molar-refractivity contribution < 1.29 is 0 Å². The van der Waals surface area contributed by atoms with E-state index < -0.39 is 0 Å². The van der Waals surface area contributed by atoms with Crippen LogP contribution in [0.5, 0.6) is 0 Å². The number of benzene rings is 1. The van der Waals surface area contributed by atoms with Crippen molar-refractivity contribution in [1.82, 2.24) is 5.32 Å². The van der Waals surface area contributed by atoms with E-state index >= 15 is 0 Å². The topological polar surface area (TPSA) is 12.0 Å². The van der Waals surface area contributed by atoms with Crippen molar-refractivity contribution in [3.63, 3.8) is 0 Å². The quantitative estimate of drug-likeness (QED) is 0.838. The monoisotopic (exact) mass is 283 g/mol. The van der Waals surface area contributed by atoms with Gasteiger partial charge in [0.05, 0.1) is 0 Å². The van der Waals surface area contributed by atoms with E-state index in [0.29, 0.717) is 6.04 Å². The van der Waals surface area contributed by atoms with Crippen LogP contribution in [0.15, 0.2) is 18.2 Å². The summed E-state index contributed by atoms with van der Waals surface area (Å²) in [6.07, 6.45) is 5.61. The molecule has 1 nitrogen and oxygen atoms in total. The second kappa shape index (κ2) is 5.03. The van der Waals surface area contributed by atoms with Crippen molar-refractivity contribution >= 4 is 23.2 Å². The van der Waals surface area contributed by atoms with E-state index in [2.05, 4.69) is 12.2 Å². The van der Waals surface area contributed by atoms with Crippen LogP contribution in [-0.2, 0) is 0 Å². The third-order valence-corrected chi connectivity index (χ3v) is 5.21. The van der Waals surface area contributed by atoms with Crippen molar-refractivity contribution in [1.29, 1.82) is 0 Å².